The van der Waals surface area contributed by atoms with E-state index in [2.05, 4.69) is 32.9 Å². The topological polar surface area (TPSA) is 38.7 Å². The van der Waals surface area contributed by atoms with Crippen LogP contribution in [0, 0.1) is 0 Å². The van der Waals surface area contributed by atoms with E-state index in [0.29, 0.717) is 6.61 Å². The monoisotopic (exact) mass is 338 g/mol. The van der Waals surface area contributed by atoms with E-state index >= 15 is 0 Å². The first kappa shape index (κ1) is 19.3. The third kappa shape index (κ3) is 6.07. The van der Waals surface area contributed by atoms with Crippen molar-refractivity contribution in [1.29, 1.82) is 0 Å². The molecule has 0 aromatic heterocycles. The lowest BCUT2D eigenvalue weighted by Gasteiger charge is -2.28. The zero-order chi connectivity index (χ0) is 18.3. The van der Waals surface area contributed by atoms with Crippen LogP contribution in [0.2, 0.25) is 0 Å². The summed E-state index contributed by atoms with van der Waals surface area (Å²) in [5.41, 5.74) is 2.94. The van der Waals surface area contributed by atoms with Crippen molar-refractivity contribution in [2.24, 2.45) is 0 Å². The van der Waals surface area contributed by atoms with E-state index < -0.39 is 0 Å². The molecular weight excluding hydrogens is 311 g/mol. The first-order valence-electron chi connectivity index (χ1n) is 8.80. The van der Waals surface area contributed by atoms with Crippen molar-refractivity contribution in [1.82, 2.24) is 0 Å². The normalized spacial score (nSPS) is 11.8. The Morgan fingerprint density at radius 1 is 0.920 bits per heavy atom. The number of hydrogen-bond donors (Lipinski definition) is 1. The van der Waals surface area contributed by atoms with Gasteiger partial charge in [-0.25, -0.2) is 0 Å². The second-order valence-electron chi connectivity index (χ2n) is 6.61. The lowest BCUT2D eigenvalue weighted by Crippen LogP contribution is -2.43. The van der Waals surface area contributed by atoms with Gasteiger partial charge in [0.05, 0.1) is 0 Å². The molecule has 0 spiro atoms. The van der Waals surface area contributed by atoms with E-state index in [1.165, 1.54) is 0 Å². The van der Waals surface area contributed by atoms with Crippen LogP contribution < -0.4 is 5.46 Å². The van der Waals surface area contributed by atoms with E-state index in [1.807, 2.05) is 43.3 Å². The minimum absolute atomic E-state index is 0.225. The van der Waals surface area contributed by atoms with Crippen molar-refractivity contribution in [3.63, 3.8) is 0 Å². The fourth-order valence-electron chi connectivity index (χ4n) is 2.26. The molecule has 132 valence electrons. The number of rotatable bonds is 8. The molecule has 0 amide bonds. The van der Waals surface area contributed by atoms with Gasteiger partial charge in [0, 0.05) is 12.2 Å². The Morgan fingerprint density at radius 3 is 1.92 bits per heavy atom. The summed E-state index contributed by atoms with van der Waals surface area (Å²) in [7, 11) is -0.352. The van der Waals surface area contributed by atoms with Crippen LogP contribution >= 0.6 is 0 Å². The van der Waals surface area contributed by atoms with Crippen molar-refractivity contribution < 1.29 is 14.4 Å². The van der Waals surface area contributed by atoms with Crippen molar-refractivity contribution >= 4 is 24.7 Å². The quantitative estimate of drug-likeness (QED) is 0.569. The van der Waals surface area contributed by atoms with Crippen LogP contribution in [0.15, 0.2) is 48.5 Å². The molecular formula is C21H27BO3. The van der Waals surface area contributed by atoms with Gasteiger partial charge in [-0.2, -0.15) is 0 Å². The van der Waals surface area contributed by atoms with E-state index in [9.17, 15) is 5.11 Å². The summed E-state index contributed by atoms with van der Waals surface area (Å²) < 4.78 is 11.9. The van der Waals surface area contributed by atoms with E-state index in [1.54, 1.807) is 12.1 Å². The van der Waals surface area contributed by atoms with Crippen molar-refractivity contribution in [2.45, 2.75) is 39.7 Å². The van der Waals surface area contributed by atoms with Gasteiger partial charge in [-0.15, -0.1) is 0 Å². The van der Waals surface area contributed by atoms with Crippen LogP contribution in [0.3, 0.4) is 0 Å². The first-order valence-corrected chi connectivity index (χ1v) is 8.80. The zero-order valence-electron chi connectivity index (χ0n) is 15.5. The van der Waals surface area contributed by atoms with Gasteiger partial charge in [0.15, 0.2) is 0 Å². The SMILES string of the molecule is CCOB(OC(C)(C)CC)c1ccc(/C=C/c2ccc(O)cc2)cc1. The number of phenols is 1. The molecule has 0 radical (unpaired) electrons. The molecule has 25 heavy (non-hydrogen) atoms. The predicted molar refractivity (Wildman–Crippen MR) is 106 cm³/mol. The third-order valence-electron chi connectivity index (χ3n) is 4.17. The first-order chi connectivity index (χ1) is 11.9. The summed E-state index contributed by atoms with van der Waals surface area (Å²) in [4.78, 5) is 0. The van der Waals surface area contributed by atoms with Gasteiger partial charge in [0.1, 0.15) is 5.75 Å². The Kier molecular flexibility index (Phi) is 6.86. The van der Waals surface area contributed by atoms with E-state index in [-0.39, 0.29) is 18.5 Å². The molecule has 0 saturated carbocycles. The van der Waals surface area contributed by atoms with Crippen LogP contribution in [0.25, 0.3) is 12.2 Å². The van der Waals surface area contributed by atoms with Gasteiger partial charge in [0.25, 0.3) is 0 Å². The number of benzene rings is 2. The average molecular weight is 338 g/mol. The molecule has 0 aliphatic carbocycles. The van der Waals surface area contributed by atoms with Crippen LogP contribution in [-0.2, 0) is 9.31 Å². The molecule has 4 heteroatoms. The smallest absolute Gasteiger partial charge is 0.494 e. The highest BCUT2D eigenvalue weighted by atomic mass is 16.6. The van der Waals surface area contributed by atoms with Crippen LogP contribution in [0.1, 0.15) is 45.2 Å². The minimum atomic E-state index is -0.352. The molecule has 0 atom stereocenters. The fraction of sp³-hybridized carbons (Fsp3) is 0.333. The molecule has 0 unspecified atom stereocenters. The number of aromatic hydroxyl groups is 1. The lowest BCUT2D eigenvalue weighted by molar-refractivity contribution is 0.0706. The van der Waals surface area contributed by atoms with Gasteiger partial charge in [-0.05, 0) is 55.9 Å². The summed E-state index contributed by atoms with van der Waals surface area (Å²) in [6.07, 6.45) is 4.98. The number of phenolic OH excluding ortho intramolecular Hbond substituents is 1. The van der Waals surface area contributed by atoms with Crippen LogP contribution in [0.4, 0.5) is 0 Å². The third-order valence-corrected chi connectivity index (χ3v) is 4.17. The molecule has 0 aliphatic rings. The highest BCUT2D eigenvalue weighted by Crippen LogP contribution is 2.16. The second kappa shape index (κ2) is 8.88. The van der Waals surface area contributed by atoms with Crippen LogP contribution in [-0.4, -0.2) is 24.4 Å². The van der Waals surface area contributed by atoms with Gasteiger partial charge in [0.2, 0.25) is 0 Å². The summed E-state index contributed by atoms with van der Waals surface area (Å²) in [6, 6.07) is 15.3. The highest BCUT2D eigenvalue weighted by molar-refractivity contribution is 6.61. The van der Waals surface area contributed by atoms with Crippen LogP contribution in [0.5, 0.6) is 5.75 Å². The van der Waals surface area contributed by atoms with Gasteiger partial charge in [-0.1, -0.05) is 55.5 Å². The molecule has 3 nitrogen and oxygen atoms in total. The Morgan fingerprint density at radius 2 is 1.44 bits per heavy atom. The lowest BCUT2D eigenvalue weighted by atomic mass is 9.77. The molecule has 1 N–H and O–H groups in total. The maximum atomic E-state index is 9.32. The fourth-order valence-corrected chi connectivity index (χ4v) is 2.26. The Hall–Kier alpha value is -2.04. The molecule has 2 aromatic carbocycles. The van der Waals surface area contributed by atoms with Gasteiger partial charge >= 0.3 is 7.12 Å². The predicted octanol–water partition coefficient (Wildman–Crippen LogP) is 4.50. The average Bonchev–Trinajstić information content (AvgIpc) is 2.61. The summed E-state index contributed by atoms with van der Waals surface area (Å²) in [6.45, 7) is 8.85. The highest BCUT2D eigenvalue weighted by Gasteiger charge is 2.28. The molecule has 0 fully saturated rings. The van der Waals surface area contributed by atoms with E-state index in [0.717, 1.165) is 23.0 Å². The molecule has 0 heterocycles. The Bertz CT molecular complexity index is 675. The minimum Gasteiger partial charge on any atom is -0.508 e. The second-order valence-corrected chi connectivity index (χ2v) is 6.61. The maximum absolute atomic E-state index is 9.32. The Labute approximate surface area is 151 Å². The number of hydrogen-bond acceptors (Lipinski definition) is 3. The molecule has 0 aliphatic heterocycles. The standard InChI is InChI=1S/C21H27BO3/c1-5-21(3,4)25-22(24-6-2)19-13-9-17(10-14-19)7-8-18-11-15-20(23)16-12-18/h7-16,23H,5-6H2,1-4H3/b8-7+. The molecule has 2 aromatic rings. The van der Waals surface area contributed by atoms with Crippen molar-refractivity contribution in [3.8, 4) is 5.75 Å². The Balaban J connectivity index is 2.09. The van der Waals surface area contributed by atoms with Gasteiger partial charge < -0.3 is 14.4 Å². The van der Waals surface area contributed by atoms with Crippen molar-refractivity contribution in [3.05, 3.63) is 59.7 Å². The zero-order valence-corrected chi connectivity index (χ0v) is 15.5. The molecule has 0 saturated heterocycles. The summed E-state index contributed by atoms with van der Waals surface area (Å²) >= 11 is 0. The summed E-state index contributed by atoms with van der Waals surface area (Å²) in [5.74, 6) is 0.276. The summed E-state index contributed by atoms with van der Waals surface area (Å²) in [5, 5.41) is 9.32. The maximum Gasteiger partial charge on any atom is 0.494 e. The largest absolute Gasteiger partial charge is 0.508 e. The molecule has 0 bridgehead atoms. The molecule has 2 rings (SSSR count). The van der Waals surface area contributed by atoms with Gasteiger partial charge in [-0.3, -0.25) is 0 Å². The van der Waals surface area contributed by atoms with Crippen molar-refractivity contribution in [2.75, 3.05) is 6.61 Å². The van der Waals surface area contributed by atoms with E-state index in [4.69, 9.17) is 9.31 Å².